The number of hydrogen-bond acceptors (Lipinski definition) is 5. The van der Waals surface area contributed by atoms with E-state index in [9.17, 15) is 9.59 Å². The Bertz CT molecular complexity index is 1060. The maximum absolute atomic E-state index is 12.7. The van der Waals surface area contributed by atoms with Crippen molar-refractivity contribution in [3.05, 3.63) is 69.9 Å². The molecule has 1 heterocycles. The fourth-order valence-corrected chi connectivity index (χ4v) is 3.59. The van der Waals surface area contributed by atoms with Crippen LogP contribution in [-0.4, -0.2) is 25.2 Å². The summed E-state index contributed by atoms with van der Waals surface area (Å²) >= 11 is 0. The molecule has 170 valence electrons. The molecule has 0 spiro atoms. The van der Waals surface area contributed by atoms with Gasteiger partial charge in [0.15, 0.2) is 11.5 Å². The number of rotatable bonds is 7. The number of nitrogens with one attached hydrogen (secondary N) is 2. The lowest BCUT2D eigenvalue weighted by Crippen LogP contribution is -2.45. The highest BCUT2D eigenvalue weighted by molar-refractivity contribution is 5.95. The smallest absolute Gasteiger partial charge is 0.338 e. The van der Waals surface area contributed by atoms with E-state index in [1.54, 1.807) is 40.0 Å². The molecule has 3 rings (SSSR count). The second-order valence-electron chi connectivity index (χ2n) is 8.15. The molecule has 32 heavy (non-hydrogen) atoms. The first-order chi connectivity index (χ1) is 15.2. The van der Waals surface area contributed by atoms with Crippen molar-refractivity contribution in [2.24, 2.45) is 0 Å². The number of benzene rings is 2. The molecule has 2 aromatic rings. The van der Waals surface area contributed by atoms with Gasteiger partial charge in [-0.25, -0.2) is 9.59 Å². The Morgan fingerprint density at radius 2 is 1.81 bits per heavy atom. The van der Waals surface area contributed by atoms with Crippen LogP contribution in [0.15, 0.2) is 47.7 Å². The van der Waals surface area contributed by atoms with E-state index in [1.165, 1.54) is 5.56 Å². The number of carbonyl (C=O) groups is 2. The first kappa shape index (κ1) is 23.2. The van der Waals surface area contributed by atoms with E-state index in [2.05, 4.69) is 28.8 Å². The van der Waals surface area contributed by atoms with E-state index >= 15 is 0 Å². The van der Waals surface area contributed by atoms with Crippen LogP contribution in [0, 0.1) is 13.8 Å². The number of hydrogen-bond donors (Lipinski definition) is 2. The topological polar surface area (TPSA) is 85.9 Å². The molecular formula is C25H30N2O5. The second kappa shape index (κ2) is 9.77. The van der Waals surface area contributed by atoms with Crippen molar-refractivity contribution < 1.29 is 23.8 Å². The molecule has 0 fully saturated rings. The van der Waals surface area contributed by atoms with Gasteiger partial charge in [0.1, 0.15) is 6.61 Å². The summed E-state index contributed by atoms with van der Waals surface area (Å²) in [6.45, 7) is 9.74. The first-order valence-electron chi connectivity index (χ1n) is 10.6. The van der Waals surface area contributed by atoms with Gasteiger partial charge in [-0.05, 0) is 63.4 Å². The number of aryl methyl sites for hydroxylation is 2. The van der Waals surface area contributed by atoms with Gasteiger partial charge in [-0.15, -0.1) is 0 Å². The number of methoxy groups -OCH3 is 1. The predicted octanol–water partition coefficient (Wildman–Crippen LogP) is 4.47. The summed E-state index contributed by atoms with van der Waals surface area (Å²) in [4.78, 5) is 24.8. The normalized spacial score (nSPS) is 15.8. The molecule has 2 N–H and O–H groups in total. The average Bonchev–Trinajstić information content (AvgIpc) is 2.73. The van der Waals surface area contributed by atoms with Crippen LogP contribution >= 0.6 is 0 Å². The minimum atomic E-state index is -0.669. The third kappa shape index (κ3) is 5.22. The van der Waals surface area contributed by atoms with E-state index in [1.807, 2.05) is 19.9 Å². The molecule has 7 heteroatoms. The summed E-state index contributed by atoms with van der Waals surface area (Å²) in [6.07, 6.45) is -0.281. The zero-order chi connectivity index (χ0) is 23.4. The Balaban J connectivity index is 1.89. The lowest BCUT2D eigenvalue weighted by Gasteiger charge is -2.29. The predicted molar refractivity (Wildman–Crippen MR) is 122 cm³/mol. The fourth-order valence-electron chi connectivity index (χ4n) is 3.59. The van der Waals surface area contributed by atoms with Crippen molar-refractivity contribution in [1.29, 1.82) is 0 Å². The molecule has 0 radical (unpaired) electrons. The van der Waals surface area contributed by atoms with Gasteiger partial charge < -0.3 is 24.8 Å². The highest BCUT2D eigenvalue weighted by Gasteiger charge is 2.33. The standard InChI is InChI=1S/C25H30N2O5/c1-14(2)32-24(28)22-17(5)26-25(29)27-23(22)18-9-10-20(21(12-18)30-6)31-13-19-11-15(3)7-8-16(19)4/h7-12,14,23H,13H2,1-6H3,(H2,26,27,29). The van der Waals surface area contributed by atoms with Crippen LogP contribution in [0.5, 0.6) is 11.5 Å². The minimum absolute atomic E-state index is 0.281. The van der Waals surface area contributed by atoms with Gasteiger partial charge in [-0.1, -0.05) is 29.8 Å². The van der Waals surface area contributed by atoms with Crippen molar-refractivity contribution in [3.63, 3.8) is 0 Å². The van der Waals surface area contributed by atoms with Gasteiger partial charge in [0, 0.05) is 5.70 Å². The molecule has 1 aliphatic heterocycles. The average molecular weight is 439 g/mol. The Kier molecular flexibility index (Phi) is 7.08. The fraction of sp³-hybridized carbons (Fsp3) is 0.360. The zero-order valence-electron chi connectivity index (χ0n) is 19.4. The lowest BCUT2D eigenvalue weighted by molar-refractivity contribution is -0.143. The van der Waals surface area contributed by atoms with Gasteiger partial charge >= 0.3 is 12.0 Å². The summed E-state index contributed by atoms with van der Waals surface area (Å²) in [6, 6.07) is 10.5. The highest BCUT2D eigenvalue weighted by atomic mass is 16.5. The molecule has 0 aromatic heterocycles. The van der Waals surface area contributed by atoms with Crippen molar-refractivity contribution in [2.75, 3.05) is 7.11 Å². The number of carbonyl (C=O) groups excluding carboxylic acids is 2. The van der Waals surface area contributed by atoms with E-state index in [0.29, 0.717) is 34.9 Å². The Morgan fingerprint density at radius 3 is 2.50 bits per heavy atom. The van der Waals surface area contributed by atoms with E-state index < -0.39 is 12.0 Å². The summed E-state index contributed by atoms with van der Waals surface area (Å²) in [5.41, 5.74) is 4.91. The van der Waals surface area contributed by atoms with Crippen LogP contribution in [0.3, 0.4) is 0 Å². The summed E-state index contributed by atoms with van der Waals surface area (Å²) < 4.78 is 17.0. The van der Waals surface area contributed by atoms with Crippen molar-refractivity contribution in [2.45, 2.75) is 53.4 Å². The molecule has 1 aliphatic rings. The third-order valence-corrected chi connectivity index (χ3v) is 5.24. The number of ether oxygens (including phenoxy) is 3. The van der Waals surface area contributed by atoms with Crippen molar-refractivity contribution in [3.8, 4) is 11.5 Å². The van der Waals surface area contributed by atoms with Gasteiger partial charge in [-0.2, -0.15) is 0 Å². The lowest BCUT2D eigenvalue weighted by atomic mass is 9.95. The van der Waals surface area contributed by atoms with E-state index in [-0.39, 0.29) is 12.1 Å². The molecule has 7 nitrogen and oxygen atoms in total. The molecule has 0 saturated carbocycles. The summed E-state index contributed by atoms with van der Waals surface area (Å²) in [7, 11) is 1.56. The van der Waals surface area contributed by atoms with Crippen LogP contribution in [0.25, 0.3) is 0 Å². The van der Waals surface area contributed by atoms with Crippen molar-refractivity contribution >= 4 is 12.0 Å². The minimum Gasteiger partial charge on any atom is -0.493 e. The van der Waals surface area contributed by atoms with Crippen LogP contribution in [-0.2, 0) is 16.1 Å². The summed E-state index contributed by atoms with van der Waals surface area (Å²) in [5, 5.41) is 5.45. The van der Waals surface area contributed by atoms with E-state index in [4.69, 9.17) is 14.2 Å². The monoisotopic (exact) mass is 438 g/mol. The highest BCUT2D eigenvalue weighted by Crippen LogP contribution is 2.35. The largest absolute Gasteiger partial charge is 0.493 e. The molecule has 2 amide bonds. The second-order valence-corrected chi connectivity index (χ2v) is 8.15. The van der Waals surface area contributed by atoms with Gasteiger partial charge in [0.25, 0.3) is 0 Å². The molecule has 0 saturated heterocycles. The number of amides is 2. The molecule has 2 aromatic carbocycles. The Labute approximate surface area is 188 Å². The molecule has 1 unspecified atom stereocenters. The number of allylic oxidation sites excluding steroid dienone is 1. The molecular weight excluding hydrogens is 408 g/mol. The van der Waals surface area contributed by atoms with Crippen LogP contribution < -0.4 is 20.1 Å². The summed E-state index contributed by atoms with van der Waals surface area (Å²) in [5.74, 6) is 0.600. The molecule has 1 atom stereocenters. The van der Waals surface area contributed by atoms with Crippen LogP contribution in [0.2, 0.25) is 0 Å². The zero-order valence-corrected chi connectivity index (χ0v) is 19.4. The maximum atomic E-state index is 12.7. The molecule has 0 aliphatic carbocycles. The molecule has 0 bridgehead atoms. The third-order valence-electron chi connectivity index (χ3n) is 5.24. The number of esters is 1. The van der Waals surface area contributed by atoms with Crippen molar-refractivity contribution in [1.82, 2.24) is 10.6 Å². The quantitative estimate of drug-likeness (QED) is 0.623. The van der Waals surface area contributed by atoms with Gasteiger partial charge in [0.2, 0.25) is 0 Å². The van der Waals surface area contributed by atoms with Gasteiger partial charge in [-0.3, -0.25) is 0 Å². The van der Waals surface area contributed by atoms with Crippen LogP contribution in [0.4, 0.5) is 4.79 Å². The van der Waals surface area contributed by atoms with E-state index in [0.717, 1.165) is 11.1 Å². The Hall–Kier alpha value is -3.48. The number of urea groups is 1. The van der Waals surface area contributed by atoms with Gasteiger partial charge in [0.05, 0.1) is 24.8 Å². The van der Waals surface area contributed by atoms with Crippen LogP contribution in [0.1, 0.15) is 49.1 Å². The Morgan fingerprint density at radius 1 is 1.06 bits per heavy atom. The first-order valence-corrected chi connectivity index (χ1v) is 10.6. The SMILES string of the molecule is COc1cc(C2NC(=O)NC(C)=C2C(=O)OC(C)C)ccc1OCc1cc(C)ccc1C. The maximum Gasteiger partial charge on any atom is 0.338 e.